The van der Waals surface area contributed by atoms with Crippen molar-refractivity contribution < 1.29 is 4.39 Å². The fourth-order valence-electron chi connectivity index (χ4n) is 2.52. The second kappa shape index (κ2) is 5.59. The number of nitrogens with one attached hydrogen (secondary N) is 1. The van der Waals surface area contributed by atoms with Gasteiger partial charge in [-0.1, -0.05) is 29.4 Å². The number of aromatic amines is 1. The molecule has 1 aliphatic rings. The van der Waals surface area contributed by atoms with Gasteiger partial charge in [0.15, 0.2) is 5.82 Å². The van der Waals surface area contributed by atoms with E-state index < -0.39 is 5.82 Å². The predicted molar refractivity (Wildman–Crippen MR) is 89.1 cm³/mol. The van der Waals surface area contributed by atoms with Gasteiger partial charge >= 0.3 is 0 Å². The van der Waals surface area contributed by atoms with Crippen LogP contribution in [0.1, 0.15) is 43.2 Å². The summed E-state index contributed by atoms with van der Waals surface area (Å²) < 4.78 is 15.0. The maximum absolute atomic E-state index is 13.3. The van der Waals surface area contributed by atoms with E-state index in [0.29, 0.717) is 16.4 Å². The first-order valence-corrected chi connectivity index (χ1v) is 8.15. The van der Waals surface area contributed by atoms with Crippen LogP contribution in [0.5, 0.6) is 0 Å². The predicted octanol–water partition coefficient (Wildman–Crippen LogP) is 4.44. The van der Waals surface area contributed by atoms with Crippen LogP contribution in [0.3, 0.4) is 0 Å². The highest BCUT2D eigenvalue weighted by atomic mass is 35.5. The molecule has 0 saturated heterocycles. The van der Waals surface area contributed by atoms with Crippen LogP contribution in [-0.4, -0.2) is 14.8 Å². The topological polar surface area (TPSA) is 50.1 Å². The molecule has 1 N–H and O–H groups in total. The molecule has 0 saturated carbocycles. The quantitative estimate of drug-likeness (QED) is 0.879. The van der Waals surface area contributed by atoms with Gasteiger partial charge in [-0.2, -0.15) is 0 Å². The van der Waals surface area contributed by atoms with Gasteiger partial charge < -0.3 is 0 Å². The van der Waals surface area contributed by atoms with Gasteiger partial charge in [-0.25, -0.2) is 9.38 Å². The van der Waals surface area contributed by atoms with Gasteiger partial charge in [0, 0.05) is 11.1 Å². The lowest BCUT2D eigenvalue weighted by molar-refractivity contribution is 0.533. The Labute approximate surface area is 136 Å². The highest BCUT2D eigenvalue weighted by Crippen LogP contribution is 2.45. The number of halogens is 2. The van der Waals surface area contributed by atoms with Gasteiger partial charge in [0.25, 0.3) is 5.56 Å². The number of aromatic nitrogens is 2. The zero-order valence-electron chi connectivity index (χ0n) is 12.4. The Morgan fingerprint density at radius 1 is 1.45 bits per heavy atom. The molecule has 3 rings (SSSR count). The van der Waals surface area contributed by atoms with E-state index in [9.17, 15) is 9.18 Å². The zero-order valence-corrected chi connectivity index (χ0v) is 13.9. The van der Waals surface area contributed by atoms with E-state index in [-0.39, 0.29) is 16.9 Å². The minimum Gasteiger partial charge on any atom is -0.268 e. The van der Waals surface area contributed by atoms with Crippen molar-refractivity contribution in [3.63, 3.8) is 0 Å². The van der Waals surface area contributed by atoms with E-state index >= 15 is 0 Å². The molecule has 1 aromatic carbocycles. The van der Waals surface area contributed by atoms with Crippen molar-refractivity contribution in [2.24, 2.45) is 4.99 Å². The van der Waals surface area contributed by atoms with Gasteiger partial charge in [-0.3, -0.25) is 14.6 Å². The smallest absolute Gasteiger partial charge is 0.268 e. The summed E-state index contributed by atoms with van der Waals surface area (Å²) in [7, 11) is 0. The average molecular weight is 340 g/mol. The SMILES string of the molecule is CC1=Nc2c(c(=O)[nH]n2C(C)C)[C@@H](c2ccc(F)cc2Cl)S1. The van der Waals surface area contributed by atoms with Crippen LogP contribution in [0.15, 0.2) is 28.0 Å². The van der Waals surface area contributed by atoms with E-state index in [4.69, 9.17) is 11.6 Å². The Morgan fingerprint density at radius 3 is 2.82 bits per heavy atom. The molecule has 4 nitrogen and oxygen atoms in total. The molecule has 2 heterocycles. The molecule has 22 heavy (non-hydrogen) atoms. The van der Waals surface area contributed by atoms with Crippen molar-refractivity contribution in [3.05, 3.63) is 50.5 Å². The van der Waals surface area contributed by atoms with Crippen LogP contribution in [0.25, 0.3) is 0 Å². The van der Waals surface area contributed by atoms with E-state index in [1.165, 1.54) is 23.9 Å². The van der Waals surface area contributed by atoms with Crippen molar-refractivity contribution in [1.82, 2.24) is 9.78 Å². The number of hydrogen-bond donors (Lipinski definition) is 1. The molecule has 0 bridgehead atoms. The van der Waals surface area contributed by atoms with Crippen LogP contribution in [-0.2, 0) is 0 Å². The number of nitrogens with zero attached hydrogens (tertiary/aromatic N) is 2. The number of hydrogen-bond acceptors (Lipinski definition) is 3. The minimum atomic E-state index is -0.395. The van der Waals surface area contributed by atoms with Gasteiger partial charge in [-0.15, -0.1) is 0 Å². The van der Waals surface area contributed by atoms with E-state index in [1.807, 2.05) is 20.8 Å². The van der Waals surface area contributed by atoms with E-state index in [1.54, 1.807) is 10.7 Å². The molecule has 0 unspecified atom stereocenters. The van der Waals surface area contributed by atoms with Crippen LogP contribution in [0, 0.1) is 5.82 Å². The summed E-state index contributed by atoms with van der Waals surface area (Å²) in [6, 6.07) is 4.34. The van der Waals surface area contributed by atoms with Gasteiger partial charge in [0.1, 0.15) is 5.82 Å². The fraction of sp³-hybridized carbons (Fsp3) is 0.333. The molecular formula is C15H15ClFN3OS. The third-order valence-electron chi connectivity index (χ3n) is 3.51. The maximum Gasteiger partial charge on any atom is 0.271 e. The molecular weight excluding hydrogens is 325 g/mol. The number of benzene rings is 1. The lowest BCUT2D eigenvalue weighted by Crippen LogP contribution is -2.14. The first kappa shape index (κ1) is 15.4. The highest BCUT2D eigenvalue weighted by Gasteiger charge is 2.31. The zero-order chi connectivity index (χ0) is 16.0. The molecule has 1 aliphatic heterocycles. The van der Waals surface area contributed by atoms with Crippen LogP contribution in [0.2, 0.25) is 5.02 Å². The number of thioether (sulfide) groups is 1. The summed E-state index contributed by atoms with van der Waals surface area (Å²) in [5, 5.41) is 3.70. The van der Waals surface area contributed by atoms with Crippen LogP contribution < -0.4 is 5.56 Å². The normalized spacial score (nSPS) is 17.5. The van der Waals surface area contributed by atoms with Gasteiger partial charge in [-0.05, 0) is 38.5 Å². The molecule has 0 aliphatic carbocycles. The Hall–Kier alpha value is -1.53. The Morgan fingerprint density at radius 2 is 2.18 bits per heavy atom. The number of rotatable bonds is 2. The van der Waals surface area contributed by atoms with E-state index in [0.717, 1.165) is 10.6 Å². The number of fused-ring (bicyclic) bond motifs is 1. The summed E-state index contributed by atoms with van der Waals surface area (Å²) in [5.74, 6) is 0.232. The Bertz CT molecular complexity index is 825. The molecule has 116 valence electrons. The number of aliphatic imine (C=N–C) groups is 1. The van der Waals surface area contributed by atoms with Crippen LogP contribution in [0.4, 0.5) is 10.2 Å². The molecule has 0 amide bonds. The molecule has 0 fully saturated rings. The van der Waals surface area contributed by atoms with Crippen molar-refractivity contribution >= 4 is 34.2 Å². The molecule has 2 aromatic rings. The fourth-order valence-corrected chi connectivity index (χ4v) is 4.00. The second-order valence-electron chi connectivity index (χ2n) is 5.44. The summed E-state index contributed by atoms with van der Waals surface area (Å²) in [4.78, 5) is 16.9. The largest absolute Gasteiger partial charge is 0.271 e. The average Bonchev–Trinajstić information content (AvgIpc) is 2.75. The summed E-state index contributed by atoms with van der Waals surface area (Å²) in [6.07, 6.45) is 0. The molecule has 1 aromatic heterocycles. The number of H-pyrrole nitrogens is 1. The van der Waals surface area contributed by atoms with Crippen molar-refractivity contribution in [1.29, 1.82) is 0 Å². The molecule has 1 atom stereocenters. The standard InChI is InChI=1S/C15H15ClFN3OS/c1-7(2)20-14-12(15(21)19-20)13(22-8(3)18-14)10-5-4-9(17)6-11(10)16/h4-7,13H,1-3H3,(H,19,21)/t13-/m1/s1. The van der Waals surface area contributed by atoms with Gasteiger partial charge in [0.05, 0.1) is 15.9 Å². The summed E-state index contributed by atoms with van der Waals surface area (Å²) >= 11 is 7.64. The molecule has 0 radical (unpaired) electrons. The highest BCUT2D eigenvalue weighted by molar-refractivity contribution is 8.14. The maximum atomic E-state index is 13.3. The Kier molecular flexibility index (Phi) is 3.91. The Balaban J connectivity index is 2.22. The molecule has 0 spiro atoms. The lowest BCUT2D eigenvalue weighted by Gasteiger charge is -2.22. The second-order valence-corrected chi connectivity index (χ2v) is 7.14. The summed E-state index contributed by atoms with van der Waals surface area (Å²) in [5.41, 5.74) is 1.10. The van der Waals surface area contributed by atoms with E-state index in [2.05, 4.69) is 10.1 Å². The first-order chi connectivity index (χ1) is 10.4. The third-order valence-corrected chi connectivity index (χ3v) is 5.00. The van der Waals surface area contributed by atoms with Crippen LogP contribution >= 0.6 is 23.4 Å². The molecule has 7 heteroatoms. The van der Waals surface area contributed by atoms with Gasteiger partial charge in [0.2, 0.25) is 0 Å². The summed E-state index contributed by atoms with van der Waals surface area (Å²) in [6.45, 7) is 5.84. The third kappa shape index (κ3) is 2.50. The van der Waals surface area contributed by atoms with Crippen molar-refractivity contribution in [3.8, 4) is 0 Å². The minimum absolute atomic E-state index is 0.0837. The lowest BCUT2D eigenvalue weighted by atomic mass is 10.1. The monoisotopic (exact) mass is 339 g/mol. The first-order valence-electron chi connectivity index (χ1n) is 6.89. The van der Waals surface area contributed by atoms with Crippen molar-refractivity contribution in [2.75, 3.05) is 0 Å². The van der Waals surface area contributed by atoms with Crippen molar-refractivity contribution in [2.45, 2.75) is 32.1 Å².